The van der Waals surface area contributed by atoms with Crippen LogP contribution >= 0.6 is 0 Å². The van der Waals surface area contributed by atoms with E-state index in [4.69, 9.17) is 0 Å². The molecule has 0 aliphatic heterocycles. The average Bonchev–Trinajstić information content (AvgIpc) is 2.75. The van der Waals surface area contributed by atoms with E-state index in [1.54, 1.807) is 0 Å². The second-order valence-electron chi connectivity index (χ2n) is 7.37. The number of hydrogen-bond donors (Lipinski definition) is 0. The molecule has 0 aromatic heterocycles. The van der Waals surface area contributed by atoms with Gasteiger partial charge in [0.15, 0.2) is 0 Å². The van der Waals surface area contributed by atoms with Crippen LogP contribution < -0.4 is 0 Å². The van der Waals surface area contributed by atoms with Gasteiger partial charge in [0.1, 0.15) is 5.78 Å². The summed E-state index contributed by atoms with van der Waals surface area (Å²) >= 11 is 0. The van der Waals surface area contributed by atoms with Crippen molar-refractivity contribution in [2.75, 3.05) is 20.1 Å². The van der Waals surface area contributed by atoms with E-state index in [1.165, 1.54) is 11.1 Å². The quantitative estimate of drug-likeness (QED) is 0.439. The first-order valence-corrected chi connectivity index (χ1v) is 10.9. The van der Waals surface area contributed by atoms with Crippen LogP contribution in [0, 0.1) is 5.92 Å². The lowest BCUT2D eigenvalue weighted by atomic mass is 9.88. The van der Waals surface area contributed by atoms with Crippen molar-refractivity contribution in [2.24, 2.45) is 5.92 Å². The van der Waals surface area contributed by atoms with Gasteiger partial charge in [-0.05, 0) is 50.5 Å². The first kappa shape index (κ1) is 24.1. The van der Waals surface area contributed by atoms with E-state index in [9.17, 15) is 4.79 Å². The fourth-order valence-corrected chi connectivity index (χ4v) is 3.43. The second-order valence-corrected chi connectivity index (χ2v) is 7.37. The summed E-state index contributed by atoms with van der Waals surface area (Å²) in [4.78, 5) is 14.3. The van der Waals surface area contributed by atoms with Gasteiger partial charge < -0.3 is 4.90 Å². The van der Waals surface area contributed by atoms with Crippen LogP contribution in [-0.4, -0.2) is 30.8 Å². The Kier molecular flexibility index (Phi) is 12.2. The van der Waals surface area contributed by atoms with E-state index in [0.717, 1.165) is 38.8 Å². The summed E-state index contributed by atoms with van der Waals surface area (Å²) in [7, 11) is 2.17. The summed E-state index contributed by atoms with van der Waals surface area (Å²) in [5.74, 6) is 1.00. The highest BCUT2D eigenvalue weighted by atomic mass is 16.1. The SMILES string of the molecule is CC.CCCC(=O)C(C)CCN(C)CCC(c1ccccc1)c1ccccc1. The Labute approximate surface area is 173 Å². The number of Topliss-reactive ketones (excluding diaryl/α,β-unsaturated/α-hetero) is 1. The van der Waals surface area contributed by atoms with E-state index in [2.05, 4.69) is 86.5 Å². The molecule has 2 nitrogen and oxygen atoms in total. The van der Waals surface area contributed by atoms with Gasteiger partial charge in [0.2, 0.25) is 0 Å². The van der Waals surface area contributed by atoms with Crippen LogP contribution in [0.4, 0.5) is 0 Å². The maximum absolute atomic E-state index is 12.0. The Balaban J connectivity index is 0.00000190. The average molecular weight is 382 g/mol. The van der Waals surface area contributed by atoms with E-state index >= 15 is 0 Å². The van der Waals surface area contributed by atoms with Gasteiger partial charge in [0.25, 0.3) is 0 Å². The standard InChI is InChI=1S/C24H33NO.C2H6/c1-4-11-24(26)20(2)16-18-25(3)19-17-23(21-12-7-5-8-13-21)22-14-9-6-10-15-22;1-2/h5-10,12-15,20,23H,4,11,16-19H2,1-3H3;1-2H3. The molecule has 0 radical (unpaired) electrons. The molecular formula is C26H39NO. The molecule has 0 aliphatic rings. The third kappa shape index (κ3) is 8.39. The Bertz CT molecular complexity index is 598. The molecule has 0 spiro atoms. The predicted molar refractivity (Wildman–Crippen MR) is 122 cm³/mol. The lowest BCUT2D eigenvalue weighted by Crippen LogP contribution is -2.25. The Hall–Kier alpha value is -1.93. The minimum absolute atomic E-state index is 0.177. The summed E-state index contributed by atoms with van der Waals surface area (Å²) in [5, 5.41) is 0. The van der Waals surface area contributed by atoms with Crippen molar-refractivity contribution in [1.29, 1.82) is 0 Å². The van der Waals surface area contributed by atoms with Crippen LogP contribution in [0.25, 0.3) is 0 Å². The molecule has 0 heterocycles. The number of nitrogens with zero attached hydrogens (tertiary/aromatic N) is 1. The predicted octanol–water partition coefficient (Wildman–Crippen LogP) is 6.56. The Morgan fingerprint density at radius 3 is 1.79 bits per heavy atom. The third-order valence-electron chi connectivity index (χ3n) is 5.19. The molecule has 0 saturated heterocycles. The van der Waals surface area contributed by atoms with Gasteiger partial charge in [-0.15, -0.1) is 0 Å². The van der Waals surface area contributed by atoms with Crippen LogP contribution in [0.5, 0.6) is 0 Å². The highest BCUT2D eigenvalue weighted by Gasteiger charge is 2.16. The fourth-order valence-electron chi connectivity index (χ4n) is 3.43. The molecule has 154 valence electrons. The van der Waals surface area contributed by atoms with Crippen molar-refractivity contribution in [3.8, 4) is 0 Å². The molecule has 2 aromatic carbocycles. The van der Waals surface area contributed by atoms with Gasteiger partial charge in [-0.2, -0.15) is 0 Å². The van der Waals surface area contributed by atoms with Gasteiger partial charge >= 0.3 is 0 Å². The maximum atomic E-state index is 12.0. The normalized spacial score (nSPS) is 11.8. The largest absolute Gasteiger partial charge is 0.306 e. The molecule has 0 saturated carbocycles. The van der Waals surface area contributed by atoms with E-state index in [1.807, 2.05) is 13.8 Å². The van der Waals surface area contributed by atoms with Crippen LogP contribution in [-0.2, 0) is 4.79 Å². The molecule has 28 heavy (non-hydrogen) atoms. The second kappa shape index (κ2) is 14.1. The number of carbonyl (C=O) groups is 1. The van der Waals surface area contributed by atoms with Crippen LogP contribution in [0.1, 0.15) is 70.4 Å². The molecule has 1 atom stereocenters. The lowest BCUT2D eigenvalue weighted by molar-refractivity contribution is -0.122. The smallest absolute Gasteiger partial charge is 0.135 e. The topological polar surface area (TPSA) is 20.3 Å². The molecule has 0 aliphatic carbocycles. The number of ketones is 1. The van der Waals surface area contributed by atoms with Crippen LogP contribution in [0.15, 0.2) is 60.7 Å². The van der Waals surface area contributed by atoms with Crippen molar-refractivity contribution in [2.45, 2.75) is 59.3 Å². The van der Waals surface area contributed by atoms with E-state index in [-0.39, 0.29) is 5.92 Å². The van der Waals surface area contributed by atoms with E-state index in [0.29, 0.717) is 11.7 Å². The van der Waals surface area contributed by atoms with Gasteiger partial charge in [0, 0.05) is 18.3 Å². The third-order valence-corrected chi connectivity index (χ3v) is 5.19. The fraction of sp³-hybridized carbons (Fsp3) is 0.500. The molecule has 0 N–H and O–H groups in total. The Morgan fingerprint density at radius 1 is 0.857 bits per heavy atom. The number of carbonyl (C=O) groups excluding carboxylic acids is 1. The summed E-state index contributed by atoms with van der Waals surface area (Å²) in [6.07, 6.45) is 3.71. The number of rotatable bonds is 11. The zero-order valence-electron chi connectivity index (χ0n) is 18.5. The van der Waals surface area contributed by atoms with Crippen molar-refractivity contribution < 1.29 is 4.79 Å². The maximum Gasteiger partial charge on any atom is 0.135 e. The lowest BCUT2D eigenvalue weighted by Gasteiger charge is -2.23. The minimum Gasteiger partial charge on any atom is -0.306 e. The van der Waals surface area contributed by atoms with Crippen molar-refractivity contribution >= 4 is 5.78 Å². The van der Waals surface area contributed by atoms with Crippen molar-refractivity contribution in [3.05, 3.63) is 71.8 Å². The zero-order chi connectivity index (χ0) is 20.8. The number of benzene rings is 2. The Morgan fingerprint density at radius 2 is 1.32 bits per heavy atom. The highest BCUT2D eigenvalue weighted by molar-refractivity contribution is 5.80. The summed E-state index contributed by atoms with van der Waals surface area (Å²) in [5.41, 5.74) is 2.75. The summed E-state index contributed by atoms with van der Waals surface area (Å²) in [6.45, 7) is 10.2. The molecule has 0 fully saturated rings. The van der Waals surface area contributed by atoms with E-state index < -0.39 is 0 Å². The van der Waals surface area contributed by atoms with Crippen molar-refractivity contribution in [3.63, 3.8) is 0 Å². The highest BCUT2D eigenvalue weighted by Crippen LogP contribution is 2.28. The molecule has 2 rings (SSSR count). The van der Waals surface area contributed by atoms with Gasteiger partial charge in [-0.1, -0.05) is 88.4 Å². The minimum atomic E-state index is 0.177. The first-order valence-electron chi connectivity index (χ1n) is 10.9. The van der Waals surface area contributed by atoms with Crippen LogP contribution in [0.2, 0.25) is 0 Å². The monoisotopic (exact) mass is 381 g/mol. The molecule has 2 heteroatoms. The molecule has 2 aromatic rings. The number of hydrogen-bond acceptors (Lipinski definition) is 2. The molecule has 0 amide bonds. The summed E-state index contributed by atoms with van der Waals surface area (Å²) in [6, 6.07) is 21.5. The molecular weight excluding hydrogens is 342 g/mol. The van der Waals surface area contributed by atoms with Crippen LogP contribution in [0.3, 0.4) is 0 Å². The van der Waals surface area contributed by atoms with Gasteiger partial charge in [-0.25, -0.2) is 0 Å². The summed E-state index contributed by atoms with van der Waals surface area (Å²) < 4.78 is 0. The van der Waals surface area contributed by atoms with Crippen molar-refractivity contribution in [1.82, 2.24) is 4.90 Å². The van der Waals surface area contributed by atoms with Gasteiger partial charge in [0.05, 0.1) is 0 Å². The van der Waals surface area contributed by atoms with Gasteiger partial charge in [-0.3, -0.25) is 4.79 Å². The first-order chi connectivity index (χ1) is 13.6. The zero-order valence-corrected chi connectivity index (χ0v) is 18.5. The molecule has 0 bridgehead atoms. The molecule has 1 unspecified atom stereocenters.